The molecule has 8 aromatic heterocycles. The highest BCUT2D eigenvalue weighted by Gasteiger charge is 2.34. The van der Waals surface area contributed by atoms with Gasteiger partial charge in [-0.2, -0.15) is 9.97 Å². The minimum atomic E-state index is -0.523. The van der Waals surface area contributed by atoms with Crippen LogP contribution in [0.3, 0.4) is 0 Å². The van der Waals surface area contributed by atoms with Crippen LogP contribution in [0.5, 0.6) is 29.0 Å². The molecular weight excluding hydrogens is 1820 g/mol. The fourth-order valence-electron chi connectivity index (χ4n) is 20.0. The van der Waals surface area contributed by atoms with Crippen LogP contribution in [-0.2, 0) is 67.6 Å². The lowest BCUT2D eigenvalue weighted by Crippen LogP contribution is -2.40. The molecule has 4 saturated carbocycles. The highest BCUT2D eigenvalue weighted by molar-refractivity contribution is 6.29. The average Bonchev–Trinajstić information content (AvgIpc) is 1.33. The first-order valence-electron chi connectivity index (χ1n) is 50.0. The van der Waals surface area contributed by atoms with Gasteiger partial charge in [-0.25, -0.2) is 54.6 Å². The van der Waals surface area contributed by atoms with Gasteiger partial charge in [0.1, 0.15) is 61.6 Å². The molecule has 141 heavy (non-hydrogen) atoms. The Kier molecular flexibility index (Phi) is 30.9. The zero-order chi connectivity index (χ0) is 95.8. The lowest BCUT2D eigenvalue weighted by atomic mass is 9.93. The second kappa shape index (κ2) is 45.5. The number of fused-ring (bicyclic) bond motifs is 7. The minimum absolute atomic E-state index is 0.102. The van der Waals surface area contributed by atoms with Crippen LogP contribution in [0.2, 0.25) is 5.15 Å². The van der Waals surface area contributed by atoms with Gasteiger partial charge in [0.15, 0.2) is 0 Å². The molecular formula is C102H125ClN26O12. The molecule has 0 radical (unpaired) electrons. The van der Waals surface area contributed by atoms with E-state index in [1.807, 2.05) is 39.4 Å². The summed E-state index contributed by atoms with van der Waals surface area (Å²) in [5.74, 6) is 5.96. The minimum Gasteiger partial charge on any atom is -0.488 e. The number of carbonyl (C=O) groups excluding carboxylic acids is 1. The molecule has 11 aliphatic rings. The summed E-state index contributed by atoms with van der Waals surface area (Å²) in [5.41, 5.74) is 17.0. The fourth-order valence-corrected chi connectivity index (χ4v) is 20.2. The van der Waals surface area contributed by atoms with Gasteiger partial charge in [-0.1, -0.05) is 11.6 Å². The van der Waals surface area contributed by atoms with E-state index in [9.17, 15) is 4.79 Å². The zero-order valence-electron chi connectivity index (χ0n) is 80.6. The van der Waals surface area contributed by atoms with Crippen LogP contribution in [0.4, 0.5) is 51.2 Å². The van der Waals surface area contributed by atoms with E-state index in [4.69, 9.17) is 73.7 Å². The molecule has 0 atom stereocenters. The molecule has 4 aliphatic carbocycles. The summed E-state index contributed by atoms with van der Waals surface area (Å²) in [7, 11) is 1.53. The molecule has 0 spiro atoms. The van der Waals surface area contributed by atoms with Crippen LogP contribution in [0.15, 0.2) is 123 Å². The van der Waals surface area contributed by atoms with E-state index in [-0.39, 0.29) is 48.6 Å². The Morgan fingerprint density at radius 2 is 0.738 bits per heavy atom. The SMILES string of the molecule is CC(C)(C)OC(=O)N1CCc2cnc(NC3CCC(Oc4cc(N5CCOCC5)cc5nccnc45)CC3)nc2C1.COc1nc(Cl)cc(NC2CCC(Oc3cc(N4CCOCC4)cc4nccnc34)CC2)n1.c1cnc2c(OC3CCC(Nc4ncc5c(n4)CNCC5)CC3)cc(N3CCOCC3)cc2n1.c1cnc2c(OC3CCC(Nc4ncc5c(n4)COC5)CC3)cc(N3CCOCC3)cc2n1. The number of ether oxygens (including phenoxy) is 11. The maximum atomic E-state index is 12.6. The van der Waals surface area contributed by atoms with Gasteiger partial charge in [-0.05, 0) is 178 Å². The molecule has 15 heterocycles. The van der Waals surface area contributed by atoms with Crippen molar-refractivity contribution in [2.75, 3.05) is 166 Å². The number of amides is 1. The average molecular weight is 1940 g/mol. The fraction of sp³-hybridized carbons (Fsp3) is 0.520. The number of morpholine rings is 4. The van der Waals surface area contributed by atoms with Crippen LogP contribution in [0.1, 0.15) is 157 Å². The number of aromatic nitrogens is 16. The number of methoxy groups -OCH3 is 1. The number of anilines is 8. The molecule has 0 unspecified atom stereocenters. The Hall–Kier alpha value is -12.7. The largest absolute Gasteiger partial charge is 0.488 e. The molecule has 8 fully saturated rings. The Labute approximate surface area is 824 Å². The van der Waals surface area contributed by atoms with Crippen LogP contribution in [0.25, 0.3) is 44.1 Å². The third-order valence-corrected chi connectivity index (χ3v) is 27.7. The van der Waals surface area contributed by atoms with Crippen LogP contribution in [-0.4, -0.2) is 270 Å². The molecule has 12 aromatic rings. The molecule has 5 N–H and O–H groups in total. The van der Waals surface area contributed by atoms with Gasteiger partial charge in [0.2, 0.25) is 17.8 Å². The smallest absolute Gasteiger partial charge is 0.410 e. The number of hydrogen-bond acceptors (Lipinski definition) is 37. The topological polar surface area (TPSA) is 401 Å². The first-order chi connectivity index (χ1) is 69.1. The Balaban J connectivity index is 0.000000116. The highest BCUT2D eigenvalue weighted by atomic mass is 35.5. The van der Waals surface area contributed by atoms with Gasteiger partial charge in [0.25, 0.3) is 0 Å². The summed E-state index contributed by atoms with van der Waals surface area (Å²) >= 11 is 6.06. The summed E-state index contributed by atoms with van der Waals surface area (Å²) in [5, 5.41) is 17.8. The predicted octanol–water partition coefficient (Wildman–Crippen LogP) is 13.9. The Bertz CT molecular complexity index is 6240. The summed E-state index contributed by atoms with van der Waals surface area (Å²) < 4.78 is 64.3. The van der Waals surface area contributed by atoms with Crippen molar-refractivity contribution in [3.05, 3.63) is 162 Å². The normalized spacial score (nSPS) is 22.0. The quantitative estimate of drug-likeness (QED) is 0.0417. The van der Waals surface area contributed by atoms with E-state index >= 15 is 0 Å². The molecule has 23 rings (SSSR count). The van der Waals surface area contributed by atoms with Crippen molar-refractivity contribution in [1.82, 2.24) is 90.0 Å². The molecule has 4 saturated heterocycles. The molecule has 4 aromatic carbocycles. The molecule has 38 nitrogen and oxygen atoms in total. The van der Waals surface area contributed by atoms with Crippen molar-refractivity contribution >= 4 is 108 Å². The lowest BCUT2D eigenvalue weighted by molar-refractivity contribution is 0.0220. The Morgan fingerprint density at radius 3 is 1.12 bits per heavy atom. The first-order valence-corrected chi connectivity index (χ1v) is 50.4. The third-order valence-electron chi connectivity index (χ3n) is 27.5. The number of nitrogens with one attached hydrogen (secondary N) is 5. The second-order valence-corrected chi connectivity index (χ2v) is 38.8. The number of nitrogens with zero attached hydrogens (tertiary/aromatic N) is 21. The second-order valence-electron chi connectivity index (χ2n) is 38.4. The van der Waals surface area contributed by atoms with E-state index in [0.717, 1.165) is 358 Å². The number of halogens is 1. The van der Waals surface area contributed by atoms with Crippen molar-refractivity contribution in [3.8, 4) is 29.0 Å². The maximum Gasteiger partial charge on any atom is 0.410 e. The van der Waals surface area contributed by atoms with E-state index in [0.29, 0.717) is 61.3 Å². The number of carbonyl (C=O) groups is 1. The van der Waals surface area contributed by atoms with Crippen molar-refractivity contribution < 1.29 is 56.9 Å². The summed E-state index contributed by atoms with van der Waals surface area (Å²) in [6.45, 7) is 22.5. The molecule has 1 amide bonds. The van der Waals surface area contributed by atoms with Crippen molar-refractivity contribution in [3.63, 3.8) is 0 Å². The monoisotopic (exact) mass is 1940 g/mol. The number of benzene rings is 4. The van der Waals surface area contributed by atoms with E-state index < -0.39 is 5.60 Å². The predicted molar refractivity (Wildman–Crippen MR) is 535 cm³/mol. The zero-order valence-corrected chi connectivity index (χ0v) is 81.4. The number of hydrogen-bond donors (Lipinski definition) is 5. The lowest BCUT2D eigenvalue weighted by Gasteiger charge is -2.32. The Morgan fingerprint density at radius 1 is 0.383 bits per heavy atom. The highest BCUT2D eigenvalue weighted by Crippen LogP contribution is 2.41. The molecule has 0 bridgehead atoms. The van der Waals surface area contributed by atoms with Crippen molar-refractivity contribution in [2.45, 2.75) is 217 Å². The molecule has 742 valence electrons. The third kappa shape index (κ3) is 24.9. The van der Waals surface area contributed by atoms with E-state index in [2.05, 4.69) is 164 Å². The van der Waals surface area contributed by atoms with Crippen molar-refractivity contribution in [2.24, 2.45) is 0 Å². The van der Waals surface area contributed by atoms with E-state index in [1.165, 1.54) is 12.7 Å². The van der Waals surface area contributed by atoms with Gasteiger partial charge in [-0.15, -0.1) is 0 Å². The van der Waals surface area contributed by atoms with Gasteiger partial charge in [-0.3, -0.25) is 19.9 Å². The van der Waals surface area contributed by atoms with Crippen LogP contribution >= 0.6 is 11.6 Å². The standard InChI is InChI=1S/C30H39N7O4.C25H31N7O2.C24H28N6O3.C23H27ClN6O3/c1-30(2,3)41-29(38)37-11-8-20-18-33-28(35-25(20)19-37)34-21-4-6-23(7-5-21)40-26-17-22(36-12-14-39-15-13-36)16-24-27(26)32-10-9-31-24;1-3-20(4-2-18(1)30-25-29-15-17-5-6-26-16-22(17)31-25)34-23-14-19(32-9-11-33-12-10-32)13-21-24(23)28-8-7-27-21;1-3-19(4-2-17(1)28-24-27-13-16-14-32-15-21(16)29-24)33-22-12-18(30-7-9-31-10-8-30)11-20-23(22)26-6-5-25-20;1-31-23-28-20(24)14-21(29-23)27-15-2-4-17(5-3-15)33-19-13-16(30-8-10-32-11-9-30)12-18-22(19)26-7-6-25-18/h9-10,16-18,21,23H,4-8,11-15,19H2,1-3H3,(H,33,34,35);7-8,13-15,18,20,26H,1-6,9-12,16H2,(H,29,30,31);5-6,11-13,17,19H,1-4,7-10,14-15H2,(H,27,28,29);6-7,12-15,17H,2-5,8-11H2,1H3,(H,27,28,29). The van der Waals surface area contributed by atoms with Crippen LogP contribution < -0.4 is 69.9 Å². The maximum absolute atomic E-state index is 12.6. The number of rotatable bonds is 21. The van der Waals surface area contributed by atoms with Gasteiger partial charge < -0.3 is 103 Å². The summed E-state index contributed by atoms with van der Waals surface area (Å²) in [4.78, 5) is 96.1. The van der Waals surface area contributed by atoms with Gasteiger partial charge in [0, 0.05) is 216 Å². The van der Waals surface area contributed by atoms with Gasteiger partial charge in [0.05, 0.1) is 143 Å². The first kappa shape index (κ1) is 95.8. The van der Waals surface area contributed by atoms with Crippen LogP contribution in [0, 0.1) is 0 Å². The molecule has 7 aliphatic heterocycles. The van der Waals surface area contributed by atoms with Crippen molar-refractivity contribution in [1.29, 1.82) is 0 Å². The summed E-state index contributed by atoms with van der Waals surface area (Å²) in [6, 6.07) is 20.1. The van der Waals surface area contributed by atoms with Gasteiger partial charge >= 0.3 is 12.1 Å². The van der Waals surface area contributed by atoms with E-state index in [1.54, 1.807) is 60.5 Å². The molecule has 39 heteroatoms. The summed E-state index contributed by atoms with van der Waals surface area (Å²) in [6.07, 6.45) is 37.0.